The van der Waals surface area contributed by atoms with Gasteiger partial charge in [-0.1, -0.05) is 13.8 Å². The highest BCUT2D eigenvalue weighted by atomic mass is 32.2. The van der Waals surface area contributed by atoms with Crippen LogP contribution in [0.15, 0.2) is 0 Å². The van der Waals surface area contributed by atoms with Gasteiger partial charge >= 0.3 is 5.97 Å². The predicted molar refractivity (Wildman–Crippen MR) is 77.4 cm³/mol. The van der Waals surface area contributed by atoms with Crippen molar-refractivity contribution in [3.8, 4) is 0 Å². The van der Waals surface area contributed by atoms with Crippen molar-refractivity contribution >= 4 is 21.7 Å². The van der Waals surface area contributed by atoms with Crippen molar-refractivity contribution in [2.24, 2.45) is 17.3 Å². The van der Waals surface area contributed by atoms with Crippen LogP contribution < -0.4 is 5.32 Å². The molecule has 120 valence electrons. The van der Waals surface area contributed by atoms with Crippen molar-refractivity contribution < 1.29 is 23.1 Å². The van der Waals surface area contributed by atoms with Crippen LogP contribution in [0.2, 0.25) is 0 Å². The van der Waals surface area contributed by atoms with Crippen LogP contribution in [0.5, 0.6) is 0 Å². The minimum Gasteiger partial charge on any atom is -0.480 e. The van der Waals surface area contributed by atoms with E-state index in [1.54, 1.807) is 0 Å². The van der Waals surface area contributed by atoms with Gasteiger partial charge in [0.05, 0.1) is 11.5 Å². The Labute approximate surface area is 125 Å². The average Bonchev–Trinajstić information content (AvgIpc) is 3.07. The van der Waals surface area contributed by atoms with Crippen LogP contribution in [0.25, 0.3) is 0 Å². The van der Waals surface area contributed by atoms with E-state index in [0.29, 0.717) is 25.7 Å². The van der Waals surface area contributed by atoms with E-state index < -0.39 is 21.8 Å². The van der Waals surface area contributed by atoms with Gasteiger partial charge in [-0.15, -0.1) is 0 Å². The second-order valence-corrected chi connectivity index (χ2v) is 9.10. The van der Waals surface area contributed by atoms with Crippen LogP contribution in [-0.2, 0) is 19.4 Å². The Balaban J connectivity index is 1.92. The Morgan fingerprint density at radius 1 is 1.29 bits per heavy atom. The molecule has 21 heavy (non-hydrogen) atoms. The monoisotopic (exact) mass is 317 g/mol. The van der Waals surface area contributed by atoms with E-state index in [0.717, 1.165) is 0 Å². The van der Waals surface area contributed by atoms with Gasteiger partial charge in [-0.25, -0.2) is 13.2 Å². The highest BCUT2D eigenvalue weighted by Gasteiger charge is 2.59. The molecule has 0 bridgehead atoms. The van der Waals surface area contributed by atoms with Gasteiger partial charge in [0.15, 0.2) is 0 Å². The summed E-state index contributed by atoms with van der Waals surface area (Å²) in [6.45, 7) is 3.82. The third-order valence-corrected chi connectivity index (χ3v) is 6.30. The van der Waals surface area contributed by atoms with Gasteiger partial charge in [-0.05, 0) is 37.0 Å². The van der Waals surface area contributed by atoms with E-state index in [2.05, 4.69) is 5.32 Å². The second-order valence-electron chi connectivity index (χ2n) is 6.80. The predicted octanol–water partition coefficient (Wildman–Crippen LogP) is 0.817. The van der Waals surface area contributed by atoms with Crippen molar-refractivity contribution in [2.75, 3.05) is 11.5 Å². The fraction of sp³-hybridized carbons (Fsp3) is 0.857. The minimum atomic E-state index is -2.94. The number of sulfone groups is 1. The summed E-state index contributed by atoms with van der Waals surface area (Å²) in [4.78, 5) is 23.4. The minimum absolute atomic E-state index is 0.144. The Kier molecular flexibility index (Phi) is 4.33. The number of carbonyl (C=O) groups excluding carboxylic acids is 1. The molecule has 7 heteroatoms. The first-order valence-electron chi connectivity index (χ1n) is 7.39. The molecule has 1 spiro atoms. The lowest BCUT2D eigenvalue weighted by molar-refractivity contribution is -0.142. The number of carboxylic acids is 1. The molecule has 2 N–H and O–H groups in total. The number of carboxylic acid groups (broad SMARTS) is 1. The zero-order valence-corrected chi connectivity index (χ0v) is 13.3. The largest absolute Gasteiger partial charge is 0.480 e. The van der Waals surface area contributed by atoms with E-state index in [9.17, 15) is 18.0 Å². The number of amides is 1. The first-order chi connectivity index (χ1) is 9.65. The van der Waals surface area contributed by atoms with Crippen LogP contribution in [0.3, 0.4) is 0 Å². The summed E-state index contributed by atoms with van der Waals surface area (Å²) in [5.41, 5.74) is -0.198. The van der Waals surface area contributed by atoms with E-state index in [4.69, 9.17) is 5.11 Å². The summed E-state index contributed by atoms with van der Waals surface area (Å²) in [5.74, 6) is -1.00. The smallest absolute Gasteiger partial charge is 0.326 e. The van der Waals surface area contributed by atoms with Crippen LogP contribution >= 0.6 is 0 Å². The van der Waals surface area contributed by atoms with Crippen molar-refractivity contribution in [3.63, 3.8) is 0 Å². The van der Waals surface area contributed by atoms with Gasteiger partial charge in [0.25, 0.3) is 0 Å². The van der Waals surface area contributed by atoms with Crippen LogP contribution in [-0.4, -0.2) is 42.9 Å². The normalized spacial score (nSPS) is 27.3. The molecule has 1 saturated heterocycles. The summed E-state index contributed by atoms with van der Waals surface area (Å²) in [7, 11) is -2.94. The zero-order valence-electron chi connectivity index (χ0n) is 12.5. The second kappa shape index (κ2) is 5.59. The van der Waals surface area contributed by atoms with Crippen molar-refractivity contribution in [1.29, 1.82) is 0 Å². The van der Waals surface area contributed by atoms with Gasteiger partial charge < -0.3 is 10.4 Å². The number of carbonyl (C=O) groups is 2. The molecule has 1 amide bonds. The van der Waals surface area contributed by atoms with Crippen LogP contribution in [0.4, 0.5) is 0 Å². The summed E-state index contributed by atoms with van der Waals surface area (Å²) in [6, 6.07) is -0.859. The third-order valence-electron chi connectivity index (χ3n) is 4.65. The molecule has 0 aromatic heterocycles. The quantitative estimate of drug-likeness (QED) is 0.782. The molecular weight excluding hydrogens is 294 g/mol. The van der Waals surface area contributed by atoms with Crippen LogP contribution in [0, 0.1) is 17.3 Å². The summed E-state index contributed by atoms with van der Waals surface area (Å²) in [5, 5.41) is 11.8. The van der Waals surface area contributed by atoms with Gasteiger partial charge in [0.1, 0.15) is 15.9 Å². The molecule has 6 nitrogen and oxygen atoms in total. The van der Waals surface area contributed by atoms with Crippen LogP contribution in [0.1, 0.15) is 39.5 Å². The lowest BCUT2D eigenvalue weighted by Gasteiger charge is -2.23. The first-order valence-corrected chi connectivity index (χ1v) is 9.21. The zero-order chi connectivity index (χ0) is 15.8. The maximum atomic E-state index is 12.2. The van der Waals surface area contributed by atoms with Crippen molar-refractivity contribution in [2.45, 2.75) is 45.6 Å². The molecule has 1 heterocycles. The van der Waals surface area contributed by atoms with Gasteiger partial charge in [0, 0.05) is 5.92 Å². The molecule has 2 unspecified atom stereocenters. The Hall–Kier alpha value is -1.11. The Morgan fingerprint density at radius 2 is 1.86 bits per heavy atom. The lowest BCUT2D eigenvalue weighted by Crippen LogP contribution is -2.43. The topological polar surface area (TPSA) is 101 Å². The van der Waals surface area contributed by atoms with Gasteiger partial charge in [-0.3, -0.25) is 4.79 Å². The molecule has 1 aliphatic heterocycles. The SMILES string of the molecule is CC(C)CC(NC(=O)C1CC12CCS(=O)(=O)CC2)C(=O)O. The average molecular weight is 317 g/mol. The summed E-state index contributed by atoms with van der Waals surface area (Å²) < 4.78 is 22.9. The highest BCUT2D eigenvalue weighted by Crippen LogP contribution is 2.59. The summed E-state index contributed by atoms with van der Waals surface area (Å²) in [6.07, 6.45) is 2.13. The molecule has 2 fully saturated rings. The highest BCUT2D eigenvalue weighted by molar-refractivity contribution is 7.91. The number of hydrogen-bond acceptors (Lipinski definition) is 4. The Morgan fingerprint density at radius 3 is 2.33 bits per heavy atom. The van der Waals surface area contributed by atoms with E-state index in [-0.39, 0.29) is 34.7 Å². The molecule has 1 aliphatic carbocycles. The fourth-order valence-corrected chi connectivity index (χ4v) is 4.82. The molecule has 0 radical (unpaired) electrons. The number of aliphatic carboxylic acids is 1. The number of nitrogens with one attached hydrogen (secondary N) is 1. The van der Waals surface area contributed by atoms with E-state index in [1.807, 2.05) is 13.8 Å². The van der Waals surface area contributed by atoms with Crippen molar-refractivity contribution in [3.05, 3.63) is 0 Å². The molecular formula is C14H23NO5S. The van der Waals surface area contributed by atoms with E-state index >= 15 is 0 Å². The van der Waals surface area contributed by atoms with Crippen molar-refractivity contribution in [1.82, 2.24) is 5.32 Å². The maximum Gasteiger partial charge on any atom is 0.326 e. The molecule has 0 aromatic rings. The molecule has 2 atom stereocenters. The number of hydrogen-bond donors (Lipinski definition) is 2. The first kappa shape index (κ1) is 16.3. The standard InChI is InChI=1S/C14H23NO5S/c1-9(2)7-11(13(17)18)15-12(16)10-8-14(10)3-5-21(19,20)6-4-14/h9-11H,3-8H2,1-2H3,(H,15,16)(H,17,18). The van der Waals surface area contributed by atoms with E-state index in [1.165, 1.54) is 0 Å². The molecule has 2 rings (SSSR count). The summed E-state index contributed by atoms with van der Waals surface area (Å²) >= 11 is 0. The molecule has 2 aliphatic rings. The third kappa shape index (κ3) is 3.75. The van der Waals surface area contributed by atoms with Gasteiger partial charge in [-0.2, -0.15) is 0 Å². The fourth-order valence-electron chi connectivity index (χ4n) is 3.18. The lowest BCUT2D eigenvalue weighted by atomic mass is 9.95. The Bertz CT molecular complexity index is 526. The maximum absolute atomic E-state index is 12.2. The van der Waals surface area contributed by atoms with Gasteiger partial charge in [0.2, 0.25) is 5.91 Å². The molecule has 0 aromatic carbocycles. The molecule has 1 saturated carbocycles. The number of rotatable bonds is 5.